The van der Waals surface area contributed by atoms with Crippen LogP contribution in [0.4, 0.5) is 0 Å². The first kappa shape index (κ1) is 64.2. The molecule has 1 amide bonds. The van der Waals surface area contributed by atoms with E-state index in [0.717, 1.165) is 44.9 Å². The van der Waals surface area contributed by atoms with Gasteiger partial charge in [-0.3, -0.25) is 4.79 Å². The fraction of sp³-hybridized carbons (Fsp3) is 0.847. The van der Waals surface area contributed by atoms with Gasteiger partial charge in [-0.25, -0.2) is 0 Å². The molecule has 6 N–H and O–H groups in total. The van der Waals surface area contributed by atoms with Crippen molar-refractivity contribution in [3.05, 3.63) is 48.6 Å². The molecule has 1 fully saturated rings. The number of allylic oxidation sites excluding steroid dienone is 7. The molecule has 1 aliphatic rings. The minimum Gasteiger partial charge on any atom is -0.394 e. The molecule has 0 radical (unpaired) electrons. The number of nitrogens with one attached hydrogen (secondary N) is 1. The molecule has 1 saturated heterocycles. The average Bonchev–Trinajstić information content (AvgIpc) is 3.34. The maximum absolute atomic E-state index is 13.0. The summed E-state index contributed by atoms with van der Waals surface area (Å²) in [6, 6.07) is -0.824. The zero-order valence-electron chi connectivity index (χ0n) is 44.1. The number of unbranched alkanes of at least 4 members (excludes halogenated alkanes) is 33. The van der Waals surface area contributed by atoms with Gasteiger partial charge in [0.05, 0.1) is 25.4 Å². The van der Waals surface area contributed by atoms with Crippen molar-refractivity contribution in [3.8, 4) is 0 Å². The van der Waals surface area contributed by atoms with Crippen LogP contribution >= 0.6 is 0 Å². The highest BCUT2D eigenvalue weighted by molar-refractivity contribution is 5.76. The number of rotatable bonds is 49. The van der Waals surface area contributed by atoms with Crippen molar-refractivity contribution in [1.29, 1.82) is 0 Å². The highest BCUT2D eigenvalue weighted by atomic mass is 16.7. The SMILES string of the molecule is CCCCCCCCCCC/C=C\C/C=C\CCCCCCCCCCCCCC(=O)NC(COC1OC(CO)C(O)C(O)C1O)C(O)/C=C/CC/C=C/CCCCCCCCCCCCCC. The second kappa shape index (κ2) is 48.8. The molecule has 0 aromatic heterocycles. The molecule has 9 nitrogen and oxygen atoms in total. The van der Waals surface area contributed by atoms with Crippen LogP contribution < -0.4 is 5.32 Å². The van der Waals surface area contributed by atoms with Crippen molar-refractivity contribution < 1.29 is 39.8 Å². The lowest BCUT2D eigenvalue weighted by atomic mass is 9.99. The number of aliphatic hydroxyl groups excluding tert-OH is 5. The molecule has 398 valence electrons. The molecular weight excluding hydrogens is 851 g/mol. The second-order valence-electron chi connectivity index (χ2n) is 20.1. The number of hydrogen-bond donors (Lipinski definition) is 6. The van der Waals surface area contributed by atoms with E-state index in [-0.39, 0.29) is 12.5 Å². The molecule has 1 heterocycles. The van der Waals surface area contributed by atoms with Crippen molar-refractivity contribution in [2.45, 2.75) is 307 Å². The number of carbonyl (C=O) groups is 1. The summed E-state index contributed by atoms with van der Waals surface area (Å²) in [5.41, 5.74) is 0. The Kier molecular flexibility index (Phi) is 46.0. The molecule has 0 bridgehead atoms. The molecule has 68 heavy (non-hydrogen) atoms. The van der Waals surface area contributed by atoms with Gasteiger partial charge in [0.25, 0.3) is 0 Å². The van der Waals surface area contributed by atoms with E-state index in [1.807, 2.05) is 6.08 Å². The largest absolute Gasteiger partial charge is 0.394 e. The summed E-state index contributed by atoms with van der Waals surface area (Å²) in [4.78, 5) is 13.0. The first-order valence-corrected chi connectivity index (χ1v) is 28.9. The van der Waals surface area contributed by atoms with Crippen LogP contribution in [0.25, 0.3) is 0 Å². The quantitative estimate of drug-likeness (QED) is 0.0261. The zero-order valence-corrected chi connectivity index (χ0v) is 44.1. The third kappa shape index (κ3) is 37.9. The summed E-state index contributed by atoms with van der Waals surface area (Å²) in [5.74, 6) is -0.187. The molecule has 1 aliphatic heterocycles. The molecule has 0 spiro atoms. The molecule has 7 atom stereocenters. The lowest BCUT2D eigenvalue weighted by molar-refractivity contribution is -0.302. The molecule has 0 aromatic rings. The molecule has 1 rings (SSSR count). The van der Waals surface area contributed by atoms with Gasteiger partial charge in [-0.1, -0.05) is 242 Å². The van der Waals surface area contributed by atoms with Crippen LogP contribution in [0.1, 0.15) is 264 Å². The monoisotopic (exact) mass is 960 g/mol. The summed E-state index contributed by atoms with van der Waals surface area (Å²) in [6.07, 6.45) is 57.5. The van der Waals surface area contributed by atoms with Gasteiger partial charge < -0.3 is 40.3 Å². The number of hydrogen-bond acceptors (Lipinski definition) is 8. The zero-order chi connectivity index (χ0) is 49.4. The van der Waals surface area contributed by atoms with Crippen LogP contribution in [0.5, 0.6) is 0 Å². The Hall–Kier alpha value is -1.85. The summed E-state index contributed by atoms with van der Waals surface area (Å²) >= 11 is 0. The van der Waals surface area contributed by atoms with Crippen molar-refractivity contribution in [2.75, 3.05) is 13.2 Å². The molecule has 0 saturated carbocycles. The van der Waals surface area contributed by atoms with Gasteiger partial charge in [0.15, 0.2) is 6.29 Å². The van der Waals surface area contributed by atoms with Gasteiger partial charge in [0.2, 0.25) is 5.91 Å². The first-order valence-electron chi connectivity index (χ1n) is 28.9. The van der Waals surface area contributed by atoms with Crippen molar-refractivity contribution in [3.63, 3.8) is 0 Å². The predicted octanol–water partition coefficient (Wildman–Crippen LogP) is 14.1. The maximum Gasteiger partial charge on any atom is 0.220 e. The molecule has 0 aromatic carbocycles. The van der Waals surface area contributed by atoms with E-state index in [9.17, 15) is 30.3 Å². The van der Waals surface area contributed by atoms with Crippen LogP contribution in [0.3, 0.4) is 0 Å². The highest BCUT2D eigenvalue weighted by Gasteiger charge is 2.44. The number of amides is 1. The number of carbonyl (C=O) groups excluding carboxylic acids is 1. The van der Waals surface area contributed by atoms with Crippen LogP contribution in [0, 0.1) is 0 Å². The lowest BCUT2D eigenvalue weighted by Crippen LogP contribution is -2.60. The van der Waals surface area contributed by atoms with Gasteiger partial charge in [0, 0.05) is 6.42 Å². The topological polar surface area (TPSA) is 149 Å². The average molecular weight is 961 g/mol. The third-order valence-electron chi connectivity index (χ3n) is 13.6. The van der Waals surface area contributed by atoms with Gasteiger partial charge in [0.1, 0.15) is 24.4 Å². The van der Waals surface area contributed by atoms with Crippen molar-refractivity contribution in [1.82, 2.24) is 5.32 Å². The van der Waals surface area contributed by atoms with Crippen LogP contribution in [-0.2, 0) is 14.3 Å². The minimum atomic E-state index is -1.57. The Morgan fingerprint density at radius 3 is 1.32 bits per heavy atom. The second-order valence-corrected chi connectivity index (χ2v) is 20.1. The predicted molar refractivity (Wildman–Crippen MR) is 286 cm³/mol. The van der Waals surface area contributed by atoms with E-state index in [0.29, 0.717) is 6.42 Å². The fourth-order valence-corrected chi connectivity index (χ4v) is 9.03. The van der Waals surface area contributed by atoms with E-state index in [1.165, 1.54) is 199 Å². The van der Waals surface area contributed by atoms with Gasteiger partial charge >= 0.3 is 0 Å². The lowest BCUT2D eigenvalue weighted by Gasteiger charge is -2.40. The summed E-state index contributed by atoms with van der Waals surface area (Å²) in [6.45, 7) is 3.78. The Labute approximate surface area is 418 Å². The van der Waals surface area contributed by atoms with Crippen LogP contribution in [0.2, 0.25) is 0 Å². The third-order valence-corrected chi connectivity index (χ3v) is 13.6. The van der Waals surface area contributed by atoms with E-state index in [2.05, 4.69) is 55.6 Å². The normalized spacial score (nSPS) is 19.9. The Morgan fingerprint density at radius 1 is 0.500 bits per heavy atom. The maximum atomic E-state index is 13.0. The van der Waals surface area contributed by atoms with Gasteiger partial charge in [-0.15, -0.1) is 0 Å². The first-order chi connectivity index (χ1) is 33.3. The van der Waals surface area contributed by atoms with E-state index in [4.69, 9.17) is 9.47 Å². The highest BCUT2D eigenvalue weighted by Crippen LogP contribution is 2.23. The smallest absolute Gasteiger partial charge is 0.220 e. The standard InChI is InChI=1S/C59H109NO8/c1-3-5-7-9-11-13-15-17-19-21-23-24-25-26-27-28-29-30-31-33-35-37-39-41-43-45-47-49-55(63)60-52(51-67-59-58(66)57(65)56(64)54(50-61)68-59)53(62)48-46-44-42-40-38-36-34-32-22-20-18-16-14-12-10-8-6-4-2/h23-24,26-27,38,40,46,48,52-54,56-59,61-62,64-66H,3-22,25,28-37,39,41-45,47,49-51H2,1-2H3,(H,60,63)/b24-23-,27-26-,40-38+,48-46+. The van der Waals surface area contributed by atoms with E-state index in [1.54, 1.807) is 6.08 Å². The number of ether oxygens (including phenoxy) is 2. The van der Waals surface area contributed by atoms with E-state index >= 15 is 0 Å². The summed E-state index contributed by atoms with van der Waals surface area (Å²) in [5, 5.41) is 54.5. The summed E-state index contributed by atoms with van der Waals surface area (Å²) < 4.78 is 11.3. The molecule has 7 unspecified atom stereocenters. The van der Waals surface area contributed by atoms with Gasteiger partial charge in [-0.05, 0) is 64.2 Å². The van der Waals surface area contributed by atoms with Crippen LogP contribution in [0.15, 0.2) is 48.6 Å². The van der Waals surface area contributed by atoms with Crippen molar-refractivity contribution in [2.24, 2.45) is 0 Å². The molecular formula is C59H109NO8. The van der Waals surface area contributed by atoms with Gasteiger partial charge in [-0.2, -0.15) is 0 Å². The molecule has 0 aliphatic carbocycles. The number of aliphatic hydroxyl groups is 5. The van der Waals surface area contributed by atoms with Crippen LogP contribution in [-0.4, -0.2) is 87.5 Å². The Morgan fingerprint density at radius 2 is 0.882 bits per heavy atom. The van der Waals surface area contributed by atoms with Crippen molar-refractivity contribution >= 4 is 5.91 Å². The van der Waals surface area contributed by atoms with E-state index < -0.39 is 49.5 Å². The summed E-state index contributed by atoms with van der Waals surface area (Å²) in [7, 11) is 0. The minimum absolute atomic E-state index is 0.187. The molecule has 9 heteroatoms. The fourth-order valence-electron chi connectivity index (χ4n) is 9.03. The Bertz CT molecular complexity index is 1210. The Balaban J connectivity index is 2.23.